The summed E-state index contributed by atoms with van der Waals surface area (Å²) in [6.45, 7) is 1.51. The fraction of sp³-hybridized carbons (Fsp3) is 0.500. The fourth-order valence-electron chi connectivity index (χ4n) is 4.15. The second kappa shape index (κ2) is 8.68. The Labute approximate surface area is 170 Å². The van der Waals surface area contributed by atoms with Gasteiger partial charge in [-0.05, 0) is 43.4 Å². The van der Waals surface area contributed by atoms with Gasteiger partial charge in [0, 0.05) is 25.9 Å². The zero-order valence-corrected chi connectivity index (χ0v) is 16.8. The molecule has 7 nitrogen and oxygen atoms in total. The van der Waals surface area contributed by atoms with Gasteiger partial charge in [0.05, 0.1) is 19.9 Å². The maximum absolute atomic E-state index is 12.9. The van der Waals surface area contributed by atoms with Crippen LogP contribution in [-0.4, -0.2) is 53.3 Å². The first-order valence-electron chi connectivity index (χ1n) is 10.3. The number of ether oxygens (including phenoxy) is 1. The number of hydrogen-bond donors (Lipinski definition) is 0. The minimum Gasteiger partial charge on any atom is -0.497 e. The molecule has 4 rings (SSSR count). The van der Waals surface area contributed by atoms with Gasteiger partial charge in [0.15, 0.2) is 0 Å². The molecule has 7 heteroatoms. The molecule has 0 N–H and O–H groups in total. The van der Waals surface area contributed by atoms with Crippen LogP contribution in [0.4, 0.5) is 0 Å². The highest BCUT2D eigenvalue weighted by Crippen LogP contribution is 2.31. The van der Waals surface area contributed by atoms with Crippen LogP contribution in [0.15, 0.2) is 34.9 Å². The zero-order valence-electron chi connectivity index (χ0n) is 16.8. The number of methoxy groups -OCH3 is 1. The number of amides is 2. The second-order valence-electron chi connectivity index (χ2n) is 7.71. The first-order chi connectivity index (χ1) is 14.1. The summed E-state index contributed by atoms with van der Waals surface area (Å²) in [6.07, 6.45) is 6.58. The van der Waals surface area contributed by atoms with Crippen LogP contribution in [-0.2, 0) is 16.0 Å². The lowest BCUT2D eigenvalue weighted by Gasteiger charge is -2.34. The van der Waals surface area contributed by atoms with E-state index in [1.165, 1.54) is 0 Å². The highest BCUT2D eigenvalue weighted by Gasteiger charge is 2.33. The van der Waals surface area contributed by atoms with Crippen LogP contribution < -0.4 is 4.74 Å². The van der Waals surface area contributed by atoms with E-state index in [9.17, 15) is 9.59 Å². The van der Waals surface area contributed by atoms with Gasteiger partial charge in [-0.25, -0.2) is 4.98 Å². The quantitative estimate of drug-likeness (QED) is 0.749. The van der Waals surface area contributed by atoms with Crippen molar-refractivity contribution >= 4 is 11.8 Å². The van der Waals surface area contributed by atoms with E-state index in [1.54, 1.807) is 18.2 Å². The molecule has 2 amide bonds. The molecule has 0 spiro atoms. The summed E-state index contributed by atoms with van der Waals surface area (Å²) in [5.41, 5.74) is 1.08. The predicted octanol–water partition coefficient (Wildman–Crippen LogP) is 2.95. The van der Waals surface area contributed by atoms with Gasteiger partial charge in [-0.3, -0.25) is 9.59 Å². The highest BCUT2D eigenvalue weighted by atomic mass is 16.5. The lowest BCUT2D eigenvalue weighted by atomic mass is 10.0. The van der Waals surface area contributed by atoms with E-state index in [2.05, 4.69) is 4.98 Å². The average Bonchev–Trinajstić information content (AvgIpc) is 3.37. The molecular weight excluding hydrogens is 370 g/mol. The van der Waals surface area contributed by atoms with Gasteiger partial charge in [-0.1, -0.05) is 12.1 Å². The number of benzene rings is 1. The lowest BCUT2D eigenvalue weighted by molar-refractivity contribution is -0.141. The van der Waals surface area contributed by atoms with Crippen molar-refractivity contribution in [2.75, 3.05) is 26.7 Å². The summed E-state index contributed by atoms with van der Waals surface area (Å²) in [7, 11) is 1.65. The molecule has 1 unspecified atom stereocenters. The number of likely N-dealkylation sites (tertiary alicyclic amines) is 2. The summed E-state index contributed by atoms with van der Waals surface area (Å²) < 4.78 is 11.3. The Kier molecular flexibility index (Phi) is 5.83. The second-order valence-corrected chi connectivity index (χ2v) is 7.71. The Hall–Kier alpha value is -2.83. The molecule has 154 valence electrons. The first-order valence-corrected chi connectivity index (χ1v) is 10.3. The molecule has 0 aliphatic carbocycles. The van der Waals surface area contributed by atoms with E-state index in [4.69, 9.17) is 9.15 Å². The Morgan fingerprint density at radius 3 is 2.97 bits per heavy atom. The predicted molar refractivity (Wildman–Crippen MR) is 106 cm³/mol. The van der Waals surface area contributed by atoms with Crippen LogP contribution in [0.2, 0.25) is 0 Å². The molecule has 29 heavy (non-hydrogen) atoms. The van der Waals surface area contributed by atoms with Gasteiger partial charge in [0.1, 0.15) is 17.6 Å². The van der Waals surface area contributed by atoms with E-state index >= 15 is 0 Å². The van der Waals surface area contributed by atoms with E-state index < -0.39 is 0 Å². The Bertz CT molecular complexity index is 878. The minimum atomic E-state index is -0.159. The van der Waals surface area contributed by atoms with Crippen molar-refractivity contribution in [2.24, 2.45) is 0 Å². The largest absolute Gasteiger partial charge is 0.497 e. The Morgan fingerprint density at radius 2 is 2.17 bits per heavy atom. The maximum Gasteiger partial charge on any atom is 0.242 e. The summed E-state index contributed by atoms with van der Waals surface area (Å²) in [6, 6.07) is 7.70. The smallest absolute Gasteiger partial charge is 0.242 e. The van der Waals surface area contributed by atoms with E-state index in [-0.39, 0.29) is 24.4 Å². The van der Waals surface area contributed by atoms with E-state index in [0.29, 0.717) is 31.8 Å². The fourth-order valence-corrected chi connectivity index (χ4v) is 4.15. The van der Waals surface area contributed by atoms with Gasteiger partial charge in [-0.15, -0.1) is 0 Å². The maximum atomic E-state index is 12.9. The van der Waals surface area contributed by atoms with Gasteiger partial charge in [-0.2, -0.15) is 0 Å². The number of carbonyl (C=O) groups is 2. The summed E-state index contributed by atoms with van der Waals surface area (Å²) in [5.74, 6) is 2.22. The van der Waals surface area contributed by atoms with Crippen molar-refractivity contribution < 1.29 is 18.7 Å². The van der Waals surface area contributed by atoms with Crippen molar-refractivity contribution in [1.29, 1.82) is 0 Å². The van der Waals surface area contributed by atoms with Crippen LogP contribution in [0, 0.1) is 0 Å². The van der Waals surface area contributed by atoms with Crippen LogP contribution in [0.3, 0.4) is 0 Å². The summed E-state index contributed by atoms with van der Waals surface area (Å²) in [5, 5.41) is 0. The molecule has 1 aromatic carbocycles. The van der Waals surface area contributed by atoms with Crippen LogP contribution in [0.5, 0.6) is 5.75 Å². The Morgan fingerprint density at radius 1 is 1.28 bits per heavy atom. The molecule has 0 bridgehead atoms. The van der Waals surface area contributed by atoms with Crippen molar-refractivity contribution in [3.63, 3.8) is 0 Å². The number of rotatable bonds is 6. The van der Waals surface area contributed by atoms with Gasteiger partial charge < -0.3 is 19.0 Å². The monoisotopic (exact) mass is 397 g/mol. The molecule has 1 aromatic heterocycles. The molecule has 0 saturated carbocycles. The summed E-state index contributed by atoms with van der Waals surface area (Å²) >= 11 is 0. The van der Waals surface area contributed by atoms with Gasteiger partial charge in [0.2, 0.25) is 17.7 Å². The third-order valence-electron chi connectivity index (χ3n) is 5.69. The van der Waals surface area contributed by atoms with Gasteiger partial charge in [0.25, 0.3) is 0 Å². The molecule has 2 saturated heterocycles. The zero-order chi connectivity index (χ0) is 20.2. The number of piperidine rings is 1. The molecule has 0 radical (unpaired) electrons. The van der Waals surface area contributed by atoms with E-state index in [1.807, 2.05) is 29.2 Å². The van der Waals surface area contributed by atoms with Crippen LogP contribution >= 0.6 is 0 Å². The van der Waals surface area contributed by atoms with Crippen LogP contribution in [0.25, 0.3) is 0 Å². The molecule has 2 aromatic rings. The van der Waals surface area contributed by atoms with Gasteiger partial charge >= 0.3 is 0 Å². The van der Waals surface area contributed by atoms with Crippen molar-refractivity contribution in [3.05, 3.63) is 47.7 Å². The standard InChI is InChI=1S/C22H27N3O4/c1-28-17-7-4-6-16(12-17)13-18-14-23-22(29-18)19-8-2-3-11-25(19)21(27)15-24-10-5-9-20(24)26/h4,6-7,12,14,19H,2-3,5,8-11,13,15H2,1H3. The number of nitrogens with zero attached hydrogens (tertiary/aromatic N) is 3. The molecular formula is C22H27N3O4. The molecule has 2 aliphatic rings. The minimum absolute atomic E-state index is 0.0162. The van der Waals surface area contributed by atoms with E-state index in [0.717, 1.165) is 42.8 Å². The molecule has 2 fully saturated rings. The topological polar surface area (TPSA) is 75.9 Å². The summed E-state index contributed by atoms with van der Waals surface area (Å²) in [4.78, 5) is 32.8. The normalized spacial score (nSPS) is 19.6. The average molecular weight is 397 g/mol. The molecule has 1 atom stereocenters. The molecule has 2 aliphatic heterocycles. The number of hydrogen-bond acceptors (Lipinski definition) is 5. The number of oxazole rings is 1. The highest BCUT2D eigenvalue weighted by molar-refractivity contribution is 5.86. The third-order valence-corrected chi connectivity index (χ3v) is 5.69. The van der Waals surface area contributed by atoms with Crippen molar-refractivity contribution in [1.82, 2.24) is 14.8 Å². The van der Waals surface area contributed by atoms with Crippen LogP contribution in [0.1, 0.15) is 55.4 Å². The third kappa shape index (κ3) is 4.44. The van der Waals surface area contributed by atoms with Crippen molar-refractivity contribution in [3.8, 4) is 5.75 Å². The SMILES string of the molecule is COc1cccc(Cc2cnc(C3CCCCN3C(=O)CN3CCCC3=O)o2)c1. The lowest BCUT2D eigenvalue weighted by Crippen LogP contribution is -2.44. The first kappa shape index (κ1) is 19.5. The molecule has 3 heterocycles. The number of carbonyl (C=O) groups excluding carboxylic acids is 2. The van der Waals surface area contributed by atoms with Crippen molar-refractivity contribution in [2.45, 2.75) is 44.6 Å². The Balaban J connectivity index is 1.45. The number of aromatic nitrogens is 1.